The molecular weight excluding hydrogens is 438 g/mol. The molecule has 166 valence electrons. The third-order valence-electron chi connectivity index (χ3n) is 5.66. The molecule has 2 aromatic carbocycles. The third kappa shape index (κ3) is 3.78. The SMILES string of the molecule is Cc1sc(NC(=O)c2cc(-c3ccc4c(c3)OCCO4)nc3ccccc23)c(C(N)=O)c1C. The average Bonchev–Trinajstić information content (AvgIpc) is 3.10. The number of aromatic nitrogens is 1. The fourth-order valence-electron chi connectivity index (χ4n) is 3.90. The lowest BCUT2D eigenvalue weighted by Crippen LogP contribution is -2.18. The topological polar surface area (TPSA) is 104 Å². The lowest BCUT2D eigenvalue weighted by atomic mass is 10.0. The molecular formula is C25H21N3O4S. The molecule has 2 amide bonds. The minimum Gasteiger partial charge on any atom is -0.486 e. The van der Waals surface area contributed by atoms with Crippen molar-refractivity contribution in [1.82, 2.24) is 4.98 Å². The van der Waals surface area contributed by atoms with Gasteiger partial charge in [-0.3, -0.25) is 9.59 Å². The highest BCUT2D eigenvalue weighted by Crippen LogP contribution is 2.36. The second-order valence-electron chi connectivity index (χ2n) is 7.74. The Balaban J connectivity index is 1.59. The molecule has 1 aliphatic rings. The largest absolute Gasteiger partial charge is 0.486 e. The van der Waals surface area contributed by atoms with E-state index in [0.29, 0.717) is 57.4 Å². The zero-order valence-corrected chi connectivity index (χ0v) is 18.9. The number of nitrogens with zero attached hydrogens (tertiary/aromatic N) is 1. The van der Waals surface area contributed by atoms with Gasteiger partial charge in [0.2, 0.25) is 0 Å². The summed E-state index contributed by atoms with van der Waals surface area (Å²) in [6.07, 6.45) is 0. The Labute approximate surface area is 194 Å². The maximum absolute atomic E-state index is 13.4. The van der Waals surface area contributed by atoms with Gasteiger partial charge >= 0.3 is 0 Å². The average molecular weight is 460 g/mol. The molecule has 0 unspecified atom stereocenters. The lowest BCUT2D eigenvalue weighted by Gasteiger charge is -2.19. The van der Waals surface area contributed by atoms with Gasteiger partial charge in [-0.05, 0) is 49.7 Å². The van der Waals surface area contributed by atoms with Crippen LogP contribution in [0.15, 0.2) is 48.5 Å². The number of ether oxygens (including phenoxy) is 2. The van der Waals surface area contributed by atoms with Gasteiger partial charge < -0.3 is 20.5 Å². The van der Waals surface area contributed by atoms with Gasteiger partial charge in [0.05, 0.1) is 22.3 Å². The minimum atomic E-state index is -0.566. The van der Waals surface area contributed by atoms with Crippen LogP contribution in [-0.4, -0.2) is 30.0 Å². The molecule has 0 bridgehead atoms. The van der Waals surface area contributed by atoms with E-state index < -0.39 is 5.91 Å². The van der Waals surface area contributed by atoms with Crippen LogP contribution in [0.25, 0.3) is 22.2 Å². The monoisotopic (exact) mass is 459 g/mol. The van der Waals surface area contributed by atoms with E-state index in [0.717, 1.165) is 16.0 Å². The predicted molar refractivity (Wildman–Crippen MR) is 128 cm³/mol. The molecule has 0 fully saturated rings. The number of benzene rings is 2. The third-order valence-corrected chi connectivity index (χ3v) is 6.78. The van der Waals surface area contributed by atoms with Gasteiger partial charge in [0.25, 0.3) is 11.8 Å². The fourth-order valence-corrected chi connectivity index (χ4v) is 4.96. The Kier molecular flexibility index (Phi) is 5.22. The van der Waals surface area contributed by atoms with Crippen LogP contribution in [0.4, 0.5) is 5.00 Å². The molecule has 0 saturated carbocycles. The number of hydrogen-bond acceptors (Lipinski definition) is 6. The van der Waals surface area contributed by atoms with Crippen molar-refractivity contribution in [1.29, 1.82) is 0 Å². The zero-order chi connectivity index (χ0) is 23.1. The number of fused-ring (bicyclic) bond motifs is 2. The molecule has 0 radical (unpaired) electrons. The summed E-state index contributed by atoms with van der Waals surface area (Å²) >= 11 is 1.33. The maximum Gasteiger partial charge on any atom is 0.257 e. The number of carbonyl (C=O) groups is 2. The number of nitrogens with one attached hydrogen (secondary N) is 1. The summed E-state index contributed by atoms with van der Waals surface area (Å²) in [7, 11) is 0. The van der Waals surface area contributed by atoms with Crippen molar-refractivity contribution in [2.45, 2.75) is 13.8 Å². The van der Waals surface area contributed by atoms with Crippen molar-refractivity contribution in [3.8, 4) is 22.8 Å². The molecule has 0 saturated heterocycles. The van der Waals surface area contributed by atoms with Crippen LogP contribution in [0.3, 0.4) is 0 Å². The Bertz CT molecular complexity index is 1430. The van der Waals surface area contributed by atoms with E-state index in [1.54, 1.807) is 6.07 Å². The highest BCUT2D eigenvalue weighted by molar-refractivity contribution is 7.16. The molecule has 2 aromatic heterocycles. The molecule has 0 atom stereocenters. The number of nitrogens with two attached hydrogens (primary N) is 1. The number of para-hydroxylation sites is 1. The molecule has 4 aromatic rings. The molecule has 7 nitrogen and oxygen atoms in total. The summed E-state index contributed by atoms with van der Waals surface area (Å²) in [5.41, 5.74) is 9.26. The normalized spacial score (nSPS) is 12.5. The number of amides is 2. The number of thiophene rings is 1. The van der Waals surface area contributed by atoms with Crippen LogP contribution in [0, 0.1) is 13.8 Å². The first-order valence-corrected chi connectivity index (χ1v) is 11.2. The molecule has 33 heavy (non-hydrogen) atoms. The van der Waals surface area contributed by atoms with Crippen molar-refractivity contribution < 1.29 is 19.1 Å². The fraction of sp³-hybridized carbons (Fsp3) is 0.160. The minimum absolute atomic E-state index is 0.337. The van der Waals surface area contributed by atoms with Gasteiger partial charge in [-0.1, -0.05) is 18.2 Å². The second-order valence-corrected chi connectivity index (χ2v) is 8.96. The maximum atomic E-state index is 13.4. The van der Waals surface area contributed by atoms with Crippen molar-refractivity contribution in [3.05, 3.63) is 70.1 Å². The van der Waals surface area contributed by atoms with Crippen molar-refractivity contribution in [2.24, 2.45) is 5.73 Å². The van der Waals surface area contributed by atoms with E-state index in [2.05, 4.69) is 5.32 Å². The van der Waals surface area contributed by atoms with E-state index in [-0.39, 0.29) is 5.91 Å². The second kappa shape index (κ2) is 8.22. The summed E-state index contributed by atoms with van der Waals surface area (Å²) < 4.78 is 11.3. The van der Waals surface area contributed by atoms with E-state index in [1.807, 2.05) is 56.3 Å². The van der Waals surface area contributed by atoms with Crippen molar-refractivity contribution in [3.63, 3.8) is 0 Å². The highest BCUT2D eigenvalue weighted by atomic mass is 32.1. The van der Waals surface area contributed by atoms with Crippen LogP contribution in [0.2, 0.25) is 0 Å². The Morgan fingerprint density at radius 3 is 2.58 bits per heavy atom. The van der Waals surface area contributed by atoms with Gasteiger partial charge in [0, 0.05) is 15.8 Å². The Morgan fingerprint density at radius 2 is 1.79 bits per heavy atom. The lowest BCUT2D eigenvalue weighted by molar-refractivity contribution is 0.100. The zero-order valence-electron chi connectivity index (χ0n) is 18.1. The molecule has 0 spiro atoms. The van der Waals surface area contributed by atoms with Crippen LogP contribution >= 0.6 is 11.3 Å². The van der Waals surface area contributed by atoms with E-state index >= 15 is 0 Å². The Morgan fingerprint density at radius 1 is 1.03 bits per heavy atom. The number of carbonyl (C=O) groups excluding carboxylic acids is 2. The number of anilines is 1. The van der Waals surface area contributed by atoms with E-state index in [9.17, 15) is 9.59 Å². The first kappa shape index (κ1) is 21.0. The number of rotatable bonds is 4. The van der Waals surface area contributed by atoms with Crippen molar-refractivity contribution >= 4 is 39.1 Å². The number of primary amides is 1. The molecule has 0 aliphatic carbocycles. The van der Waals surface area contributed by atoms with Gasteiger partial charge in [-0.25, -0.2) is 4.98 Å². The molecule has 1 aliphatic heterocycles. The van der Waals surface area contributed by atoms with Crippen LogP contribution in [0.5, 0.6) is 11.5 Å². The van der Waals surface area contributed by atoms with E-state index in [1.165, 1.54) is 11.3 Å². The van der Waals surface area contributed by atoms with Crippen LogP contribution < -0.4 is 20.5 Å². The van der Waals surface area contributed by atoms with Gasteiger partial charge in [-0.15, -0.1) is 11.3 Å². The smallest absolute Gasteiger partial charge is 0.257 e. The van der Waals surface area contributed by atoms with Crippen LogP contribution in [-0.2, 0) is 0 Å². The van der Waals surface area contributed by atoms with Crippen molar-refractivity contribution in [2.75, 3.05) is 18.5 Å². The molecule has 3 heterocycles. The van der Waals surface area contributed by atoms with Crippen LogP contribution in [0.1, 0.15) is 31.2 Å². The van der Waals surface area contributed by atoms with Gasteiger partial charge in [0.1, 0.15) is 18.2 Å². The number of hydrogen-bond donors (Lipinski definition) is 2. The number of aryl methyl sites for hydroxylation is 1. The highest BCUT2D eigenvalue weighted by Gasteiger charge is 2.22. The molecule has 5 rings (SSSR count). The predicted octanol–water partition coefficient (Wildman–Crippen LogP) is 4.70. The van der Waals surface area contributed by atoms with Gasteiger partial charge in [-0.2, -0.15) is 0 Å². The Hall–Kier alpha value is -3.91. The summed E-state index contributed by atoms with van der Waals surface area (Å²) in [5, 5.41) is 4.06. The summed E-state index contributed by atoms with van der Waals surface area (Å²) in [6.45, 7) is 4.71. The molecule has 3 N–H and O–H groups in total. The summed E-state index contributed by atoms with van der Waals surface area (Å²) in [5.74, 6) is 0.432. The quantitative estimate of drug-likeness (QED) is 0.460. The summed E-state index contributed by atoms with van der Waals surface area (Å²) in [4.78, 5) is 31.1. The standard InChI is InChI=1S/C25H21N3O4S/c1-13-14(2)33-25(22(13)23(26)29)28-24(30)17-12-19(27-18-6-4-3-5-16(17)18)15-7-8-20-21(11-15)32-10-9-31-20/h3-8,11-12H,9-10H2,1-2H3,(H2,26,29)(H,28,30). The first-order chi connectivity index (χ1) is 15.9. The summed E-state index contributed by atoms with van der Waals surface area (Å²) in [6, 6.07) is 14.8. The van der Waals surface area contributed by atoms with Gasteiger partial charge in [0.15, 0.2) is 11.5 Å². The molecule has 8 heteroatoms. The van der Waals surface area contributed by atoms with E-state index in [4.69, 9.17) is 20.2 Å². The number of pyridine rings is 1. The first-order valence-electron chi connectivity index (χ1n) is 10.4.